The van der Waals surface area contributed by atoms with Crippen LogP contribution in [0.5, 0.6) is 5.88 Å². The van der Waals surface area contributed by atoms with Gasteiger partial charge in [-0.3, -0.25) is 14.0 Å². The van der Waals surface area contributed by atoms with Gasteiger partial charge < -0.3 is 31.1 Å². The van der Waals surface area contributed by atoms with Crippen molar-refractivity contribution in [2.75, 3.05) is 36.5 Å². The molecule has 4 aromatic rings. The number of ether oxygens (including phenoxy) is 1. The molecule has 2 amide bonds. The van der Waals surface area contributed by atoms with Crippen LogP contribution in [0.15, 0.2) is 55.0 Å². The van der Waals surface area contributed by atoms with Crippen molar-refractivity contribution in [2.45, 2.75) is 37.6 Å². The molecule has 212 valence electrons. The van der Waals surface area contributed by atoms with Gasteiger partial charge >= 0.3 is 0 Å². The molecule has 0 aliphatic carbocycles. The van der Waals surface area contributed by atoms with Gasteiger partial charge in [-0.25, -0.2) is 15.0 Å². The highest BCUT2D eigenvalue weighted by molar-refractivity contribution is 5.97. The molecule has 3 aromatic heterocycles. The number of rotatable bonds is 7. The Morgan fingerprint density at radius 3 is 2.63 bits per heavy atom. The van der Waals surface area contributed by atoms with E-state index in [0.29, 0.717) is 30.5 Å². The van der Waals surface area contributed by atoms with Crippen LogP contribution in [-0.4, -0.2) is 68.6 Å². The summed E-state index contributed by atoms with van der Waals surface area (Å²) in [5.74, 6) is 0.119. The molecule has 12 nitrogen and oxygen atoms in total. The predicted octanol–water partition coefficient (Wildman–Crippen LogP) is 2.97. The van der Waals surface area contributed by atoms with Gasteiger partial charge in [-0.2, -0.15) is 0 Å². The number of primary amides is 1. The Labute approximate surface area is 236 Å². The summed E-state index contributed by atoms with van der Waals surface area (Å²) >= 11 is 0. The normalized spacial score (nSPS) is 17.9. The van der Waals surface area contributed by atoms with Crippen LogP contribution in [-0.2, 0) is 4.74 Å². The Kier molecular flexibility index (Phi) is 7.38. The second-order valence-electron chi connectivity index (χ2n) is 10.4. The quantitative estimate of drug-likeness (QED) is 0.268. The van der Waals surface area contributed by atoms with Gasteiger partial charge in [0, 0.05) is 50.4 Å². The number of carbonyl (C=O) groups excluding carboxylic acids is 2. The van der Waals surface area contributed by atoms with E-state index in [9.17, 15) is 14.7 Å². The molecule has 12 heteroatoms. The zero-order valence-electron chi connectivity index (χ0n) is 22.5. The number of imidazole rings is 1. The van der Waals surface area contributed by atoms with E-state index in [0.717, 1.165) is 44.6 Å². The molecule has 2 fully saturated rings. The average molecular weight is 557 g/mol. The number of hydrogen-bond donors (Lipinski definition) is 4. The zero-order valence-corrected chi connectivity index (χ0v) is 22.5. The molecule has 0 spiro atoms. The molecule has 2 aliphatic heterocycles. The number of nitrogens with two attached hydrogens (primary N) is 1. The average Bonchev–Trinajstić information content (AvgIpc) is 3.48. The number of hydrogen-bond acceptors (Lipinski definition) is 9. The SMILES string of the molecule is NC(=O)c1ncc(N2CCC[C@@H](NC(=O)c3ccc4nccn4c3O)C2)nc1Nc1ccc(C2CCOCC2)cc1. The monoisotopic (exact) mass is 556 g/mol. The van der Waals surface area contributed by atoms with Gasteiger partial charge in [-0.15, -0.1) is 0 Å². The first-order valence-corrected chi connectivity index (χ1v) is 13.8. The summed E-state index contributed by atoms with van der Waals surface area (Å²) in [6.07, 6.45) is 8.29. The lowest BCUT2D eigenvalue weighted by molar-refractivity contribution is 0.0853. The molecule has 1 atom stereocenters. The van der Waals surface area contributed by atoms with Crippen LogP contribution in [0.3, 0.4) is 0 Å². The van der Waals surface area contributed by atoms with Gasteiger partial charge in [0.1, 0.15) is 11.5 Å². The van der Waals surface area contributed by atoms with Crippen molar-refractivity contribution >= 4 is 34.8 Å². The minimum absolute atomic E-state index is 0.0505. The lowest BCUT2D eigenvalue weighted by Crippen LogP contribution is -2.48. The van der Waals surface area contributed by atoms with Crippen LogP contribution in [0.1, 0.15) is 58.0 Å². The summed E-state index contributed by atoms with van der Waals surface area (Å²) in [4.78, 5) is 40.3. The van der Waals surface area contributed by atoms with Crippen molar-refractivity contribution in [1.29, 1.82) is 0 Å². The summed E-state index contributed by atoms with van der Waals surface area (Å²) in [6.45, 7) is 2.76. The van der Waals surface area contributed by atoms with E-state index in [2.05, 4.69) is 32.7 Å². The van der Waals surface area contributed by atoms with Crippen molar-refractivity contribution in [3.05, 3.63) is 71.8 Å². The van der Waals surface area contributed by atoms with E-state index in [1.54, 1.807) is 24.5 Å². The van der Waals surface area contributed by atoms with Crippen LogP contribution in [0.4, 0.5) is 17.3 Å². The minimum Gasteiger partial charge on any atom is -0.494 e. The van der Waals surface area contributed by atoms with Crippen LogP contribution in [0, 0.1) is 0 Å². The molecule has 0 saturated carbocycles. The summed E-state index contributed by atoms with van der Waals surface area (Å²) in [7, 11) is 0. The lowest BCUT2D eigenvalue weighted by atomic mass is 9.92. The largest absolute Gasteiger partial charge is 0.494 e. The molecule has 1 aromatic carbocycles. The number of aromatic hydroxyl groups is 1. The highest BCUT2D eigenvalue weighted by atomic mass is 16.5. The lowest BCUT2D eigenvalue weighted by Gasteiger charge is -2.34. The fourth-order valence-corrected chi connectivity index (χ4v) is 5.53. The van der Waals surface area contributed by atoms with Crippen LogP contribution < -0.4 is 21.3 Å². The first kappa shape index (κ1) is 26.5. The van der Waals surface area contributed by atoms with Crippen LogP contribution in [0.2, 0.25) is 0 Å². The van der Waals surface area contributed by atoms with Gasteiger partial charge in [-0.1, -0.05) is 12.1 Å². The fraction of sp³-hybridized carbons (Fsp3) is 0.345. The molecule has 0 unspecified atom stereocenters. The second kappa shape index (κ2) is 11.4. The highest BCUT2D eigenvalue weighted by Gasteiger charge is 2.26. The fourth-order valence-electron chi connectivity index (χ4n) is 5.53. The number of anilines is 3. The maximum absolute atomic E-state index is 13.0. The van der Waals surface area contributed by atoms with Gasteiger partial charge in [0.15, 0.2) is 11.5 Å². The van der Waals surface area contributed by atoms with Crippen molar-refractivity contribution in [1.82, 2.24) is 24.7 Å². The van der Waals surface area contributed by atoms with Crippen LogP contribution >= 0.6 is 0 Å². The van der Waals surface area contributed by atoms with Gasteiger partial charge in [0.05, 0.1) is 11.8 Å². The molecule has 41 heavy (non-hydrogen) atoms. The van der Waals surface area contributed by atoms with Crippen LogP contribution in [0.25, 0.3) is 5.65 Å². The number of nitrogens with zero attached hydrogens (tertiary/aromatic N) is 5. The standard InChI is InChI=1S/C29H32N8O4/c30-26(38)25-27(33-20-5-3-18(4-6-20)19-9-14-41-15-10-19)35-24(16-32-25)36-12-1-2-21(17-36)34-28(39)22-7-8-23-31-11-13-37(23)29(22)40/h3-8,11,13,16,19,21,40H,1-2,9-10,12,14-15,17H2,(H2,30,38)(H,33,35)(H,34,39)/t21-/m1/s1. The van der Waals surface area contributed by atoms with E-state index in [1.807, 2.05) is 17.0 Å². The summed E-state index contributed by atoms with van der Waals surface area (Å²) in [5.41, 5.74) is 8.42. The molecule has 0 bridgehead atoms. The molecule has 0 radical (unpaired) electrons. The van der Waals surface area contributed by atoms with Crippen molar-refractivity contribution in [3.63, 3.8) is 0 Å². The third kappa shape index (κ3) is 5.64. The van der Waals surface area contributed by atoms with E-state index in [4.69, 9.17) is 15.5 Å². The highest BCUT2D eigenvalue weighted by Crippen LogP contribution is 2.29. The minimum atomic E-state index is -0.677. The van der Waals surface area contributed by atoms with E-state index in [-0.39, 0.29) is 34.9 Å². The topological polar surface area (TPSA) is 160 Å². The number of piperidine rings is 1. The van der Waals surface area contributed by atoms with Gasteiger partial charge in [0.2, 0.25) is 5.88 Å². The molecule has 2 saturated heterocycles. The number of pyridine rings is 1. The first-order valence-electron chi connectivity index (χ1n) is 13.8. The number of nitrogens with one attached hydrogen (secondary N) is 2. The number of fused-ring (bicyclic) bond motifs is 1. The Hall–Kier alpha value is -4.71. The predicted molar refractivity (Wildman–Crippen MR) is 153 cm³/mol. The Morgan fingerprint density at radius 2 is 1.85 bits per heavy atom. The third-order valence-electron chi connectivity index (χ3n) is 7.72. The molecule has 2 aliphatic rings. The molecule has 5 heterocycles. The first-order chi connectivity index (χ1) is 20.0. The maximum atomic E-state index is 13.0. The maximum Gasteiger partial charge on any atom is 0.271 e. The Morgan fingerprint density at radius 1 is 1.05 bits per heavy atom. The van der Waals surface area contributed by atoms with E-state index in [1.165, 1.54) is 16.2 Å². The zero-order chi connectivity index (χ0) is 28.3. The molecular formula is C29H32N8O4. The van der Waals surface area contributed by atoms with Crippen molar-refractivity contribution in [2.24, 2.45) is 5.73 Å². The smallest absolute Gasteiger partial charge is 0.271 e. The summed E-state index contributed by atoms with van der Waals surface area (Å²) in [5, 5.41) is 16.8. The van der Waals surface area contributed by atoms with E-state index < -0.39 is 5.91 Å². The van der Waals surface area contributed by atoms with Gasteiger partial charge in [0.25, 0.3) is 11.8 Å². The Bertz CT molecular complexity index is 1570. The molecular weight excluding hydrogens is 524 g/mol. The van der Waals surface area contributed by atoms with Crippen molar-refractivity contribution < 1.29 is 19.4 Å². The molecule has 6 rings (SSSR count). The third-order valence-corrected chi connectivity index (χ3v) is 7.72. The number of carbonyl (C=O) groups is 2. The van der Waals surface area contributed by atoms with Gasteiger partial charge in [-0.05, 0) is 61.4 Å². The Balaban J connectivity index is 1.16. The summed E-state index contributed by atoms with van der Waals surface area (Å²) < 4.78 is 6.94. The number of aromatic nitrogens is 4. The second-order valence-corrected chi connectivity index (χ2v) is 10.4. The van der Waals surface area contributed by atoms with Crippen molar-refractivity contribution in [3.8, 4) is 5.88 Å². The number of amides is 2. The van der Waals surface area contributed by atoms with E-state index >= 15 is 0 Å². The summed E-state index contributed by atoms with van der Waals surface area (Å²) in [6, 6.07) is 11.2. The molecule has 5 N–H and O–H groups in total. The number of benzene rings is 1.